The van der Waals surface area contributed by atoms with Gasteiger partial charge in [0.05, 0.1) is 13.0 Å². The van der Waals surface area contributed by atoms with Crippen molar-refractivity contribution < 1.29 is 19.4 Å². The minimum absolute atomic E-state index is 0.0915. The Balaban J connectivity index is 3.75. The van der Waals surface area contributed by atoms with Gasteiger partial charge in [-0.25, -0.2) is 0 Å². The topological polar surface area (TPSA) is 63.6 Å². The van der Waals surface area contributed by atoms with Crippen molar-refractivity contribution in [3.63, 3.8) is 0 Å². The summed E-state index contributed by atoms with van der Waals surface area (Å²) in [6.07, 6.45) is 0.660. The van der Waals surface area contributed by atoms with Crippen LogP contribution in [0.2, 0.25) is 0 Å². The van der Waals surface area contributed by atoms with E-state index in [0.29, 0.717) is 6.42 Å². The van der Waals surface area contributed by atoms with E-state index >= 15 is 0 Å². The van der Waals surface area contributed by atoms with Crippen LogP contribution in [-0.2, 0) is 14.3 Å². The zero-order valence-corrected chi connectivity index (χ0v) is 8.29. The minimum Gasteiger partial charge on any atom is -0.481 e. The Hall–Kier alpha value is -1.06. The number of carboxylic acid groups (broad SMARTS) is 1. The van der Waals surface area contributed by atoms with Gasteiger partial charge in [-0.2, -0.15) is 0 Å². The Labute approximate surface area is 77.9 Å². The third kappa shape index (κ3) is 7.31. The van der Waals surface area contributed by atoms with Gasteiger partial charge >= 0.3 is 11.9 Å². The van der Waals surface area contributed by atoms with Crippen molar-refractivity contribution >= 4 is 11.9 Å². The standard InChI is InChI=1S/C9H16O4/c1-7(10)13-5-4-9(2,3)6-8(11)12/h4-6H2,1-3H3,(H,11,12). The normalized spacial score (nSPS) is 11.0. The number of aliphatic carboxylic acids is 1. The van der Waals surface area contributed by atoms with Gasteiger partial charge in [0, 0.05) is 6.92 Å². The SMILES string of the molecule is CC(=O)OCCC(C)(C)CC(=O)O. The molecule has 76 valence electrons. The average Bonchev–Trinajstić information content (AvgIpc) is 1.81. The van der Waals surface area contributed by atoms with Crippen LogP contribution in [0.15, 0.2) is 0 Å². The molecule has 0 heterocycles. The predicted molar refractivity (Wildman–Crippen MR) is 47.3 cm³/mol. The second kappa shape index (κ2) is 4.84. The molecule has 0 aliphatic heterocycles. The molecule has 0 rings (SSSR count). The number of ether oxygens (including phenoxy) is 1. The molecule has 0 atom stereocenters. The number of carboxylic acids is 1. The van der Waals surface area contributed by atoms with Crippen LogP contribution < -0.4 is 0 Å². The Morgan fingerprint density at radius 2 is 1.92 bits per heavy atom. The zero-order chi connectivity index (χ0) is 10.5. The second-order valence-corrected chi connectivity index (χ2v) is 3.82. The fourth-order valence-corrected chi connectivity index (χ4v) is 0.969. The van der Waals surface area contributed by atoms with Gasteiger partial charge in [0.25, 0.3) is 0 Å². The number of hydrogen-bond acceptors (Lipinski definition) is 3. The quantitative estimate of drug-likeness (QED) is 0.663. The molecule has 0 saturated heterocycles. The lowest BCUT2D eigenvalue weighted by molar-refractivity contribution is -0.142. The summed E-state index contributed by atoms with van der Waals surface area (Å²) in [7, 11) is 0. The summed E-state index contributed by atoms with van der Waals surface area (Å²) in [5.41, 5.74) is -0.318. The molecule has 0 radical (unpaired) electrons. The Kier molecular flexibility index (Phi) is 4.45. The van der Waals surface area contributed by atoms with Crippen LogP contribution in [-0.4, -0.2) is 23.7 Å². The fraction of sp³-hybridized carbons (Fsp3) is 0.778. The van der Waals surface area contributed by atoms with E-state index in [1.54, 1.807) is 0 Å². The summed E-state index contributed by atoms with van der Waals surface area (Å²) in [6, 6.07) is 0. The van der Waals surface area contributed by atoms with Gasteiger partial charge in [-0.15, -0.1) is 0 Å². The van der Waals surface area contributed by atoms with E-state index in [1.165, 1.54) is 6.92 Å². The molecule has 0 aliphatic rings. The molecule has 0 saturated carbocycles. The Morgan fingerprint density at radius 3 is 2.31 bits per heavy atom. The van der Waals surface area contributed by atoms with Crippen LogP contribution in [0, 0.1) is 5.41 Å². The summed E-state index contributed by atoms with van der Waals surface area (Å²) in [4.78, 5) is 20.8. The largest absolute Gasteiger partial charge is 0.481 e. The van der Waals surface area contributed by atoms with Crippen LogP contribution in [0.1, 0.15) is 33.6 Å². The van der Waals surface area contributed by atoms with Crippen molar-refractivity contribution in [2.75, 3.05) is 6.61 Å². The van der Waals surface area contributed by atoms with Crippen LogP contribution >= 0.6 is 0 Å². The summed E-state index contributed by atoms with van der Waals surface area (Å²) in [6.45, 7) is 5.30. The number of esters is 1. The smallest absolute Gasteiger partial charge is 0.303 e. The predicted octanol–water partition coefficient (Wildman–Crippen LogP) is 1.44. The van der Waals surface area contributed by atoms with E-state index < -0.39 is 5.97 Å². The minimum atomic E-state index is -0.826. The maximum absolute atomic E-state index is 10.4. The monoisotopic (exact) mass is 188 g/mol. The van der Waals surface area contributed by atoms with Gasteiger partial charge in [0.2, 0.25) is 0 Å². The Bertz CT molecular complexity index is 196. The van der Waals surface area contributed by atoms with Crippen molar-refractivity contribution in [1.82, 2.24) is 0 Å². The van der Waals surface area contributed by atoms with Gasteiger partial charge in [0.15, 0.2) is 0 Å². The molecule has 0 aromatic carbocycles. The molecule has 0 aliphatic carbocycles. The number of rotatable bonds is 5. The maximum atomic E-state index is 10.4. The molecule has 0 aromatic rings. The maximum Gasteiger partial charge on any atom is 0.303 e. The molecular weight excluding hydrogens is 172 g/mol. The summed E-state index contributed by atoms with van der Waals surface area (Å²) >= 11 is 0. The van der Waals surface area contributed by atoms with Crippen molar-refractivity contribution in [3.8, 4) is 0 Å². The molecule has 1 N–H and O–H groups in total. The highest BCUT2D eigenvalue weighted by Gasteiger charge is 2.21. The van der Waals surface area contributed by atoms with Gasteiger partial charge in [0.1, 0.15) is 0 Å². The summed E-state index contributed by atoms with van der Waals surface area (Å²) in [5.74, 6) is -1.15. The highest BCUT2D eigenvalue weighted by atomic mass is 16.5. The number of carbonyl (C=O) groups is 2. The lowest BCUT2D eigenvalue weighted by Crippen LogP contribution is -2.19. The van der Waals surface area contributed by atoms with Gasteiger partial charge in [-0.05, 0) is 11.8 Å². The fourth-order valence-electron chi connectivity index (χ4n) is 0.969. The van der Waals surface area contributed by atoms with Crippen molar-refractivity contribution in [3.05, 3.63) is 0 Å². The number of carbonyl (C=O) groups excluding carboxylic acids is 1. The number of hydrogen-bond donors (Lipinski definition) is 1. The molecule has 0 aromatic heterocycles. The first-order valence-corrected chi connectivity index (χ1v) is 4.19. The first-order chi connectivity index (χ1) is 5.83. The van der Waals surface area contributed by atoms with Crippen LogP contribution in [0.25, 0.3) is 0 Å². The van der Waals surface area contributed by atoms with E-state index in [2.05, 4.69) is 0 Å². The molecule has 0 amide bonds. The van der Waals surface area contributed by atoms with Gasteiger partial charge < -0.3 is 9.84 Å². The lowest BCUT2D eigenvalue weighted by Gasteiger charge is -2.21. The van der Waals surface area contributed by atoms with Crippen LogP contribution in [0.3, 0.4) is 0 Å². The lowest BCUT2D eigenvalue weighted by atomic mass is 9.86. The highest BCUT2D eigenvalue weighted by Crippen LogP contribution is 2.24. The Morgan fingerprint density at radius 1 is 1.38 bits per heavy atom. The molecule has 13 heavy (non-hydrogen) atoms. The van der Waals surface area contributed by atoms with E-state index in [1.807, 2.05) is 13.8 Å². The molecule has 0 unspecified atom stereocenters. The molecular formula is C9H16O4. The molecule has 4 heteroatoms. The first kappa shape index (κ1) is 11.9. The van der Waals surface area contributed by atoms with E-state index in [9.17, 15) is 9.59 Å². The van der Waals surface area contributed by atoms with Crippen LogP contribution in [0.5, 0.6) is 0 Å². The average molecular weight is 188 g/mol. The third-order valence-electron chi connectivity index (χ3n) is 1.71. The van der Waals surface area contributed by atoms with Crippen molar-refractivity contribution in [2.24, 2.45) is 5.41 Å². The third-order valence-corrected chi connectivity index (χ3v) is 1.71. The van der Waals surface area contributed by atoms with Gasteiger partial charge in [-0.3, -0.25) is 9.59 Å². The highest BCUT2D eigenvalue weighted by molar-refractivity contribution is 5.67. The molecule has 4 nitrogen and oxygen atoms in total. The van der Waals surface area contributed by atoms with E-state index in [0.717, 1.165) is 0 Å². The van der Waals surface area contributed by atoms with Crippen molar-refractivity contribution in [2.45, 2.75) is 33.6 Å². The first-order valence-electron chi connectivity index (χ1n) is 4.19. The van der Waals surface area contributed by atoms with Crippen molar-refractivity contribution in [1.29, 1.82) is 0 Å². The van der Waals surface area contributed by atoms with Crippen LogP contribution in [0.4, 0.5) is 0 Å². The van der Waals surface area contributed by atoms with E-state index in [4.69, 9.17) is 9.84 Å². The second-order valence-electron chi connectivity index (χ2n) is 3.82. The van der Waals surface area contributed by atoms with Gasteiger partial charge in [-0.1, -0.05) is 13.8 Å². The zero-order valence-electron chi connectivity index (χ0n) is 8.29. The molecule has 0 bridgehead atoms. The summed E-state index contributed by atoms with van der Waals surface area (Å²) < 4.78 is 4.73. The summed E-state index contributed by atoms with van der Waals surface area (Å²) in [5, 5.41) is 8.55. The molecule has 0 spiro atoms. The van der Waals surface area contributed by atoms with E-state index in [-0.39, 0.29) is 24.4 Å². The molecule has 0 fully saturated rings.